The number of nitrogens with two attached hydrogens (primary N) is 1. The molecule has 0 heterocycles. The minimum atomic E-state index is -0.819. The van der Waals surface area contributed by atoms with E-state index >= 15 is 0 Å². The average Bonchev–Trinajstić information content (AvgIpc) is 2.22. The number of nitrogens with one attached hydrogen (secondary N) is 1. The molecule has 1 amide bonds. The molecule has 0 saturated carbocycles. The lowest BCUT2D eigenvalue weighted by atomic mass is 10.0. The van der Waals surface area contributed by atoms with Crippen LogP contribution in [0.5, 0.6) is 0 Å². The van der Waals surface area contributed by atoms with Crippen molar-refractivity contribution in [2.75, 3.05) is 26.9 Å². The van der Waals surface area contributed by atoms with Crippen LogP contribution in [0.4, 0.5) is 0 Å². The predicted octanol–water partition coefficient (Wildman–Crippen LogP) is -0.109. The molecule has 2 atom stereocenters. The number of primary amides is 1. The van der Waals surface area contributed by atoms with E-state index in [-0.39, 0.29) is 12.7 Å². The zero-order valence-corrected chi connectivity index (χ0v) is 10.0. The first kappa shape index (κ1) is 14.3. The Labute approximate surface area is 91.3 Å². The van der Waals surface area contributed by atoms with Crippen LogP contribution in [0, 0.1) is 0 Å². The molecule has 90 valence electrons. The molecule has 15 heavy (non-hydrogen) atoms. The Hall–Kier alpha value is -0.650. The molecule has 2 unspecified atom stereocenters. The molecule has 5 nitrogen and oxygen atoms in total. The number of ether oxygens (including phenoxy) is 2. The molecule has 0 aromatic rings. The highest BCUT2D eigenvalue weighted by molar-refractivity contribution is 5.84. The van der Waals surface area contributed by atoms with E-state index in [1.807, 2.05) is 13.8 Å². The smallest absolute Gasteiger partial charge is 0.239 e. The highest BCUT2D eigenvalue weighted by Gasteiger charge is 2.29. The Morgan fingerprint density at radius 2 is 2.20 bits per heavy atom. The van der Waals surface area contributed by atoms with Gasteiger partial charge in [0.2, 0.25) is 5.91 Å². The third-order valence-corrected chi connectivity index (χ3v) is 2.31. The summed E-state index contributed by atoms with van der Waals surface area (Å²) in [5, 5.41) is 2.85. The number of carbonyl (C=O) groups is 1. The van der Waals surface area contributed by atoms with Crippen molar-refractivity contribution in [2.45, 2.75) is 32.4 Å². The van der Waals surface area contributed by atoms with Gasteiger partial charge in [-0.15, -0.1) is 0 Å². The Balaban J connectivity index is 3.95. The largest absolute Gasteiger partial charge is 0.379 e. The number of likely N-dealkylation sites (N-methyl/N-ethyl adjacent to an activating group) is 1. The zero-order valence-electron chi connectivity index (χ0n) is 10.0. The molecule has 0 aliphatic heterocycles. The van der Waals surface area contributed by atoms with Crippen LogP contribution >= 0.6 is 0 Å². The number of amides is 1. The lowest BCUT2D eigenvalue weighted by molar-refractivity contribution is -0.127. The second kappa shape index (κ2) is 6.76. The standard InChI is InChI=1S/C10H22N2O3/c1-5-14-6-8(2)15-7-10(3,12-4)9(11)13/h8,12H,5-7H2,1-4H3,(H2,11,13). The minimum absolute atomic E-state index is 0.0445. The van der Waals surface area contributed by atoms with Crippen LogP contribution in [0.15, 0.2) is 0 Å². The summed E-state index contributed by atoms with van der Waals surface area (Å²) in [6, 6.07) is 0. The van der Waals surface area contributed by atoms with Gasteiger partial charge in [-0.05, 0) is 27.8 Å². The molecule has 0 spiro atoms. The first-order chi connectivity index (χ1) is 6.96. The first-order valence-corrected chi connectivity index (χ1v) is 5.14. The number of hydrogen-bond donors (Lipinski definition) is 2. The van der Waals surface area contributed by atoms with Gasteiger partial charge in [-0.3, -0.25) is 4.79 Å². The summed E-state index contributed by atoms with van der Waals surface area (Å²) in [5.74, 6) is -0.423. The maximum Gasteiger partial charge on any atom is 0.239 e. The van der Waals surface area contributed by atoms with Crippen molar-refractivity contribution in [1.82, 2.24) is 5.32 Å². The van der Waals surface area contributed by atoms with Crippen molar-refractivity contribution in [2.24, 2.45) is 5.73 Å². The quantitative estimate of drug-likeness (QED) is 0.596. The van der Waals surface area contributed by atoms with Crippen molar-refractivity contribution in [3.8, 4) is 0 Å². The summed E-state index contributed by atoms with van der Waals surface area (Å²) in [6.45, 7) is 6.96. The Bertz CT molecular complexity index is 199. The van der Waals surface area contributed by atoms with E-state index < -0.39 is 11.4 Å². The summed E-state index contributed by atoms with van der Waals surface area (Å²) < 4.78 is 10.7. The fourth-order valence-corrected chi connectivity index (χ4v) is 0.907. The van der Waals surface area contributed by atoms with E-state index in [9.17, 15) is 4.79 Å². The Kier molecular flexibility index (Phi) is 6.47. The van der Waals surface area contributed by atoms with E-state index in [0.29, 0.717) is 13.2 Å². The predicted molar refractivity (Wildman–Crippen MR) is 58.6 cm³/mol. The van der Waals surface area contributed by atoms with E-state index in [0.717, 1.165) is 0 Å². The van der Waals surface area contributed by atoms with Crippen molar-refractivity contribution < 1.29 is 14.3 Å². The maximum absolute atomic E-state index is 11.1. The molecule has 0 radical (unpaired) electrons. The van der Waals surface area contributed by atoms with E-state index in [1.54, 1.807) is 14.0 Å². The van der Waals surface area contributed by atoms with Crippen LogP contribution in [0.1, 0.15) is 20.8 Å². The third-order valence-electron chi connectivity index (χ3n) is 2.31. The molecular weight excluding hydrogens is 196 g/mol. The van der Waals surface area contributed by atoms with Gasteiger partial charge < -0.3 is 20.5 Å². The topological polar surface area (TPSA) is 73.6 Å². The summed E-state index contributed by atoms with van der Waals surface area (Å²) in [6.07, 6.45) is -0.0445. The van der Waals surface area contributed by atoms with Crippen molar-refractivity contribution >= 4 is 5.91 Å². The van der Waals surface area contributed by atoms with E-state index in [2.05, 4.69) is 5.32 Å². The summed E-state index contributed by atoms with van der Waals surface area (Å²) in [7, 11) is 1.68. The van der Waals surface area contributed by atoms with Crippen molar-refractivity contribution in [3.05, 3.63) is 0 Å². The minimum Gasteiger partial charge on any atom is -0.379 e. The summed E-state index contributed by atoms with van der Waals surface area (Å²) in [5.41, 5.74) is 4.44. The molecule has 0 aliphatic rings. The second-order valence-electron chi connectivity index (χ2n) is 3.73. The Morgan fingerprint density at radius 1 is 1.60 bits per heavy atom. The first-order valence-electron chi connectivity index (χ1n) is 5.14. The van der Waals surface area contributed by atoms with Gasteiger partial charge in [-0.25, -0.2) is 0 Å². The SMILES string of the molecule is CCOCC(C)OCC(C)(NC)C(N)=O. The van der Waals surface area contributed by atoms with Gasteiger partial charge in [0.15, 0.2) is 0 Å². The van der Waals surface area contributed by atoms with Crippen molar-refractivity contribution in [3.63, 3.8) is 0 Å². The lowest BCUT2D eigenvalue weighted by Gasteiger charge is -2.26. The molecule has 0 bridgehead atoms. The number of carbonyl (C=O) groups excluding carboxylic acids is 1. The van der Waals surface area contributed by atoms with Gasteiger partial charge in [0.25, 0.3) is 0 Å². The molecule has 0 aromatic carbocycles. The fourth-order valence-electron chi connectivity index (χ4n) is 0.907. The van der Waals surface area contributed by atoms with Crippen LogP contribution < -0.4 is 11.1 Å². The third kappa shape index (κ3) is 5.11. The van der Waals surface area contributed by atoms with Crippen LogP contribution in [0.25, 0.3) is 0 Å². The number of rotatable bonds is 8. The van der Waals surface area contributed by atoms with Gasteiger partial charge in [0, 0.05) is 6.61 Å². The monoisotopic (exact) mass is 218 g/mol. The maximum atomic E-state index is 11.1. The van der Waals surface area contributed by atoms with E-state index in [4.69, 9.17) is 15.2 Å². The summed E-state index contributed by atoms with van der Waals surface area (Å²) in [4.78, 5) is 11.1. The number of hydrogen-bond acceptors (Lipinski definition) is 4. The van der Waals surface area contributed by atoms with Crippen LogP contribution in [0.3, 0.4) is 0 Å². The highest BCUT2D eigenvalue weighted by Crippen LogP contribution is 2.05. The molecule has 0 rings (SSSR count). The van der Waals surface area contributed by atoms with Gasteiger partial charge >= 0.3 is 0 Å². The van der Waals surface area contributed by atoms with Gasteiger partial charge in [-0.1, -0.05) is 0 Å². The van der Waals surface area contributed by atoms with Gasteiger partial charge in [0.1, 0.15) is 5.54 Å². The normalized spacial score (nSPS) is 17.1. The molecule has 3 N–H and O–H groups in total. The van der Waals surface area contributed by atoms with Crippen LogP contribution in [0.2, 0.25) is 0 Å². The summed E-state index contributed by atoms with van der Waals surface area (Å²) >= 11 is 0. The molecule has 0 aliphatic carbocycles. The Morgan fingerprint density at radius 3 is 2.60 bits per heavy atom. The van der Waals surface area contributed by atoms with Crippen LogP contribution in [-0.2, 0) is 14.3 Å². The highest BCUT2D eigenvalue weighted by atomic mass is 16.5. The van der Waals surface area contributed by atoms with Gasteiger partial charge in [-0.2, -0.15) is 0 Å². The molecule has 0 aromatic heterocycles. The van der Waals surface area contributed by atoms with Crippen LogP contribution in [-0.4, -0.2) is 44.4 Å². The second-order valence-corrected chi connectivity index (χ2v) is 3.73. The average molecular weight is 218 g/mol. The zero-order chi connectivity index (χ0) is 11.9. The van der Waals surface area contributed by atoms with Gasteiger partial charge in [0.05, 0.1) is 19.3 Å². The molecule has 5 heteroatoms. The van der Waals surface area contributed by atoms with E-state index in [1.165, 1.54) is 0 Å². The lowest BCUT2D eigenvalue weighted by Crippen LogP contribution is -2.55. The molecule has 0 saturated heterocycles. The van der Waals surface area contributed by atoms with Crippen molar-refractivity contribution in [1.29, 1.82) is 0 Å². The molecular formula is C10H22N2O3. The molecule has 0 fully saturated rings. The fraction of sp³-hybridized carbons (Fsp3) is 0.900.